The minimum absolute atomic E-state index is 0.0850. The van der Waals surface area contributed by atoms with Gasteiger partial charge >= 0.3 is 0 Å². The van der Waals surface area contributed by atoms with Crippen LogP contribution in [0.3, 0.4) is 0 Å². The van der Waals surface area contributed by atoms with E-state index in [1.54, 1.807) is 0 Å². The summed E-state index contributed by atoms with van der Waals surface area (Å²) in [6.07, 6.45) is 2.85. The van der Waals surface area contributed by atoms with E-state index in [1.807, 2.05) is 38.1 Å². The molecule has 1 aromatic carbocycles. The van der Waals surface area contributed by atoms with Crippen LogP contribution in [0.25, 0.3) is 0 Å². The van der Waals surface area contributed by atoms with Gasteiger partial charge in [-0.25, -0.2) is 0 Å². The minimum atomic E-state index is 0.0850. The number of carbonyl (C=O) groups excluding carboxylic acids is 1. The third-order valence-electron chi connectivity index (χ3n) is 4.30. The van der Waals surface area contributed by atoms with E-state index in [1.165, 1.54) is 0 Å². The van der Waals surface area contributed by atoms with E-state index in [-0.39, 0.29) is 23.0 Å². The summed E-state index contributed by atoms with van der Waals surface area (Å²) >= 11 is 0. The van der Waals surface area contributed by atoms with Crippen molar-refractivity contribution in [2.24, 2.45) is 5.92 Å². The van der Waals surface area contributed by atoms with Crippen LogP contribution in [0, 0.1) is 5.92 Å². The molecular formula is C20H31NO2. The lowest BCUT2D eigenvalue weighted by Gasteiger charge is -2.46. The van der Waals surface area contributed by atoms with Crippen LogP contribution < -0.4 is 10.1 Å². The van der Waals surface area contributed by atoms with Crippen molar-refractivity contribution in [3.63, 3.8) is 0 Å². The molecule has 2 rings (SSSR count). The van der Waals surface area contributed by atoms with E-state index >= 15 is 0 Å². The van der Waals surface area contributed by atoms with Gasteiger partial charge < -0.3 is 10.1 Å². The van der Waals surface area contributed by atoms with Crippen LogP contribution >= 0.6 is 0 Å². The second-order valence-electron chi connectivity index (χ2n) is 8.49. The highest BCUT2D eigenvalue weighted by Gasteiger charge is 2.38. The van der Waals surface area contributed by atoms with Crippen molar-refractivity contribution in [3.8, 4) is 5.75 Å². The summed E-state index contributed by atoms with van der Waals surface area (Å²) in [6, 6.07) is 7.56. The van der Waals surface area contributed by atoms with Crippen molar-refractivity contribution in [1.82, 2.24) is 5.32 Å². The monoisotopic (exact) mass is 317 g/mol. The number of hydrogen-bond acceptors (Lipinski definition) is 3. The van der Waals surface area contributed by atoms with Gasteiger partial charge in [0, 0.05) is 23.1 Å². The third-order valence-corrected chi connectivity index (χ3v) is 4.30. The molecule has 1 saturated heterocycles. The Kier molecular flexibility index (Phi) is 5.20. The highest BCUT2D eigenvalue weighted by atomic mass is 16.5. The molecule has 0 radical (unpaired) electrons. The molecule has 3 heteroatoms. The average Bonchev–Trinajstić information content (AvgIpc) is 2.34. The second-order valence-corrected chi connectivity index (χ2v) is 8.49. The molecule has 0 aliphatic carbocycles. The summed E-state index contributed by atoms with van der Waals surface area (Å²) in [6.45, 7) is 12.9. The number of piperidine rings is 1. The Bertz CT molecular complexity index is 527. The maximum absolute atomic E-state index is 12.6. The molecular weight excluding hydrogens is 286 g/mol. The van der Waals surface area contributed by atoms with Gasteiger partial charge in [-0.3, -0.25) is 4.79 Å². The Balaban J connectivity index is 2.01. The molecule has 1 aliphatic rings. The predicted molar refractivity (Wildman–Crippen MR) is 95.2 cm³/mol. The van der Waals surface area contributed by atoms with E-state index in [2.05, 4.69) is 33.0 Å². The Morgan fingerprint density at radius 3 is 2.13 bits per heavy atom. The molecule has 0 unspecified atom stereocenters. The van der Waals surface area contributed by atoms with E-state index in [4.69, 9.17) is 4.74 Å². The fourth-order valence-corrected chi connectivity index (χ4v) is 4.05. The Morgan fingerprint density at radius 2 is 1.65 bits per heavy atom. The van der Waals surface area contributed by atoms with Crippen molar-refractivity contribution in [1.29, 1.82) is 0 Å². The maximum atomic E-state index is 12.6. The number of carbonyl (C=O) groups is 1. The van der Waals surface area contributed by atoms with E-state index < -0.39 is 0 Å². The lowest BCUT2D eigenvalue weighted by atomic mass is 9.74. The largest absolute Gasteiger partial charge is 0.491 e. The van der Waals surface area contributed by atoms with Gasteiger partial charge in [0.15, 0.2) is 5.78 Å². The molecule has 0 bridgehead atoms. The van der Waals surface area contributed by atoms with Crippen molar-refractivity contribution < 1.29 is 9.53 Å². The van der Waals surface area contributed by atoms with Gasteiger partial charge in [-0.2, -0.15) is 0 Å². The van der Waals surface area contributed by atoms with Gasteiger partial charge in [-0.05, 0) is 84.6 Å². The van der Waals surface area contributed by atoms with Gasteiger partial charge in [0.2, 0.25) is 0 Å². The number of nitrogens with one attached hydrogen (secondary N) is 1. The van der Waals surface area contributed by atoms with Crippen LogP contribution in [0.2, 0.25) is 0 Å². The van der Waals surface area contributed by atoms with Crippen LogP contribution in [0.5, 0.6) is 5.75 Å². The van der Waals surface area contributed by atoms with Crippen molar-refractivity contribution in [2.75, 3.05) is 0 Å². The first kappa shape index (κ1) is 18.0. The molecule has 23 heavy (non-hydrogen) atoms. The highest BCUT2D eigenvalue weighted by molar-refractivity contribution is 5.96. The van der Waals surface area contributed by atoms with Crippen molar-refractivity contribution in [3.05, 3.63) is 29.8 Å². The number of ketones is 1. The third kappa shape index (κ3) is 5.35. The van der Waals surface area contributed by atoms with E-state index in [9.17, 15) is 4.79 Å². The number of benzene rings is 1. The first-order valence-corrected chi connectivity index (χ1v) is 8.66. The second kappa shape index (κ2) is 6.64. The van der Waals surface area contributed by atoms with Gasteiger partial charge in [-0.1, -0.05) is 0 Å². The fraction of sp³-hybridized carbons (Fsp3) is 0.650. The van der Waals surface area contributed by atoms with E-state index in [0.717, 1.165) is 24.2 Å². The number of Topliss-reactive ketones (excluding diaryl/α,β-unsaturated/α-hetero) is 1. The summed E-state index contributed by atoms with van der Waals surface area (Å²) in [5.41, 5.74) is 0.957. The molecule has 1 fully saturated rings. The van der Waals surface area contributed by atoms with Gasteiger partial charge in [0.05, 0.1) is 6.10 Å². The summed E-state index contributed by atoms with van der Waals surface area (Å²) < 4.78 is 5.63. The molecule has 1 aromatic rings. The SMILES string of the molecule is CC(C)Oc1ccc(C(=O)CC2CC(C)(C)NC(C)(C)C2)cc1. The molecule has 0 spiro atoms. The standard InChI is InChI=1S/C20H31NO2/c1-14(2)23-17-9-7-16(8-10-17)18(22)11-15-12-19(3,4)21-20(5,6)13-15/h7-10,14-15,21H,11-13H2,1-6H3. The number of hydrogen-bond donors (Lipinski definition) is 1. The Hall–Kier alpha value is -1.35. The molecule has 0 atom stereocenters. The summed E-state index contributed by atoms with van der Waals surface area (Å²) in [5, 5.41) is 3.67. The van der Waals surface area contributed by atoms with Crippen LogP contribution in [-0.2, 0) is 0 Å². The molecule has 0 amide bonds. The average molecular weight is 317 g/mol. The zero-order valence-corrected chi connectivity index (χ0v) is 15.4. The lowest BCUT2D eigenvalue weighted by molar-refractivity contribution is 0.0864. The topological polar surface area (TPSA) is 38.3 Å². The zero-order valence-electron chi connectivity index (χ0n) is 15.4. The Morgan fingerprint density at radius 1 is 1.13 bits per heavy atom. The van der Waals surface area contributed by atoms with Crippen LogP contribution in [0.15, 0.2) is 24.3 Å². The quantitative estimate of drug-likeness (QED) is 0.806. The smallest absolute Gasteiger partial charge is 0.163 e. The summed E-state index contributed by atoms with van der Waals surface area (Å²) in [7, 11) is 0. The molecule has 3 nitrogen and oxygen atoms in total. The van der Waals surface area contributed by atoms with Gasteiger partial charge in [0.1, 0.15) is 5.75 Å². The highest BCUT2D eigenvalue weighted by Crippen LogP contribution is 2.35. The molecule has 1 aliphatic heterocycles. The van der Waals surface area contributed by atoms with Crippen LogP contribution in [-0.4, -0.2) is 23.0 Å². The molecule has 0 saturated carbocycles. The molecule has 128 valence electrons. The van der Waals surface area contributed by atoms with E-state index in [0.29, 0.717) is 12.3 Å². The number of rotatable bonds is 5. The normalized spacial score (nSPS) is 20.5. The predicted octanol–water partition coefficient (Wildman–Crippen LogP) is 4.60. The molecule has 1 heterocycles. The van der Waals surface area contributed by atoms with Gasteiger partial charge in [-0.15, -0.1) is 0 Å². The summed E-state index contributed by atoms with van der Waals surface area (Å²) in [5.74, 6) is 1.49. The van der Waals surface area contributed by atoms with Crippen molar-refractivity contribution in [2.45, 2.75) is 78.0 Å². The maximum Gasteiger partial charge on any atom is 0.163 e. The van der Waals surface area contributed by atoms with Gasteiger partial charge in [0.25, 0.3) is 0 Å². The Labute approximate surface area is 140 Å². The fourth-order valence-electron chi connectivity index (χ4n) is 4.05. The zero-order chi connectivity index (χ0) is 17.3. The van der Waals surface area contributed by atoms with Crippen molar-refractivity contribution >= 4 is 5.78 Å². The minimum Gasteiger partial charge on any atom is -0.491 e. The molecule has 0 aromatic heterocycles. The lowest BCUT2D eigenvalue weighted by Crippen LogP contribution is -2.57. The van der Waals surface area contributed by atoms with Crippen LogP contribution in [0.1, 0.15) is 71.2 Å². The number of ether oxygens (including phenoxy) is 1. The van der Waals surface area contributed by atoms with Crippen LogP contribution in [0.4, 0.5) is 0 Å². The first-order chi connectivity index (χ1) is 10.6. The molecule has 1 N–H and O–H groups in total. The first-order valence-electron chi connectivity index (χ1n) is 8.66. The summed E-state index contributed by atoms with van der Waals surface area (Å²) in [4.78, 5) is 12.6.